The number of rotatable bonds is 6. The van der Waals surface area contributed by atoms with Gasteiger partial charge in [0.15, 0.2) is 0 Å². The van der Waals surface area contributed by atoms with Gasteiger partial charge in [-0.15, -0.1) is 6.58 Å². The van der Waals surface area contributed by atoms with E-state index >= 15 is 0 Å². The highest BCUT2D eigenvalue weighted by atomic mass is 31.2. The van der Waals surface area contributed by atoms with Crippen molar-refractivity contribution in [3.05, 3.63) is 24.8 Å². The first-order valence-corrected chi connectivity index (χ1v) is 7.95. The minimum absolute atomic E-state index is 0.0831. The van der Waals surface area contributed by atoms with Crippen molar-refractivity contribution in [2.45, 2.75) is 19.9 Å². The smallest absolute Gasteiger partial charge is 0.409 e. The van der Waals surface area contributed by atoms with E-state index in [1.54, 1.807) is 12.2 Å². The molecule has 0 saturated carbocycles. The van der Waals surface area contributed by atoms with Crippen LogP contribution in [0.15, 0.2) is 24.8 Å². The molecule has 0 aromatic heterocycles. The van der Waals surface area contributed by atoms with E-state index in [2.05, 4.69) is 6.58 Å². The van der Waals surface area contributed by atoms with Crippen molar-refractivity contribution in [2.75, 3.05) is 26.9 Å². The number of nitrogens with zero attached hydrogens (tertiary/aromatic N) is 1. The van der Waals surface area contributed by atoms with Crippen molar-refractivity contribution in [1.82, 2.24) is 4.67 Å². The van der Waals surface area contributed by atoms with Crippen LogP contribution in [0.5, 0.6) is 0 Å². The van der Waals surface area contributed by atoms with Crippen LogP contribution in [-0.4, -0.2) is 43.5 Å². The minimum Gasteiger partial charge on any atom is -0.468 e. The van der Waals surface area contributed by atoms with Crippen molar-refractivity contribution in [3.8, 4) is 0 Å². The van der Waals surface area contributed by atoms with E-state index in [0.717, 1.165) is 0 Å². The largest absolute Gasteiger partial charge is 0.468 e. The summed E-state index contributed by atoms with van der Waals surface area (Å²) in [6.07, 6.45) is 5.04. The fraction of sp³-hybridized carbons (Fsp3) is 0.615. The molecule has 2 atom stereocenters. The molecule has 0 amide bonds. The monoisotopic (exact) mass is 303 g/mol. The Labute approximate surface area is 120 Å². The van der Waals surface area contributed by atoms with Crippen molar-refractivity contribution in [1.29, 1.82) is 0 Å². The van der Waals surface area contributed by atoms with E-state index in [4.69, 9.17) is 13.8 Å². The van der Waals surface area contributed by atoms with Gasteiger partial charge in [0.1, 0.15) is 6.04 Å². The molecule has 0 aliphatic carbocycles. The molecule has 0 saturated heterocycles. The van der Waals surface area contributed by atoms with Gasteiger partial charge in [-0.2, -0.15) is 4.67 Å². The maximum Gasteiger partial charge on any atom is 0.409 e. The highest BCUT2D eigenvalue weighted by molar-refractivity contribution is 7.51. The predicted molar refractivity (Wildman–Crippen MR) is 76.2 cm³/mol. The third-order valence-corrected chi connectivity index (χ3v) is 4.85. The maximum atomic E-state index is 12.9. The molecule has 0 radical (unpaired) electrons. The third kappa shape index (κ3) is 4.03. The molecule has 0 fully saturated rings. The normalized spacial score (nSPS) is 25.2. The van der Waals surface area contributed by atoms with Crippen LogP contribution < -0.4 is 0 Å². The molecule has 0 aromatic carbocycles. The fourth-order valence-electron chi connectivity index (χ4n) is 1.94. The molecule has 0 N–H and O–H groups in total. The summed E-state index contributed by atoms with van der Waals surface area (Å²) in [5, 5.41) is 0. The van der Waals surface area contributed by atoms with Gasteiger partial charge in [-0.25, -0.2) is 4.57 Å². The number of methoxy groups -OCH3 is 1. The van der Waals surface area contributed by atoms with Gasteiger partial charge in [-0.1, -0.05) is 32.1 Å². The molecule has 1 rings (SSSR count). The van der Waals surface area contributed by atoms with Gasteiger partial charge in [0.25, 0.3) is 0 Å². The van der Waals surface area contributed by atoms with Gasteiger partial charge in [0.05, 0.1) is 20.3 Å². The zero-order chi connectivity index (χ0) is 15.2. The zero-order valence-electron chi connectivity index (χ0n) is 12.2. The van der Waals surface area contributed by atoms with E-state index in [-0.39, 0.29) is 19.1 Å². The number of esters is 1. The van der Waals surface area contributed by atoms with Crippen LogP contribution in [0.4, 0.5) is 0 Å². The summed E-state index contributed by atoms with van der Waals surface area (Å²) >= 11 is 0. The Morgan fingerprint density at radius 3 is 2.80 bits per heavy atom. The average Bonchev–Trinajstić information content (AvgIpc) is 2.59. The quantitative estimate of drug-likeness (QED) is 0.426. The summed E-state index contributed by atoms with van der Waals surface area (Å²) in [6, 6.07) is -0.696. The Bertz CT molecular complexity index is 421. The lowest BCUT2D eigenvalue weighted by atomic mass is 10.0. The van der Waals surface area contributed by atoms with E-state index in [1.807, 2.05) is 13.8 Å². The second-order valence-corrected chi connectivity index (χ2v) is 6.62. The number of hydrogen-bond acceptors (Lipinski definition) is 5. The first kappa shape index (κ1) is 17.1. The summed E-state index contributed by atoms with van der Waals surface area (Å²) in [5.41, 5.74) is 0. The van der Waals surface area contributed by atoms with Crippen LogP contribution in [0.2, 0.25) is 0 Å². The second-order valence-electron chi connectivity index (χ2n) is 4.65. The Kier molecular flexibility index (Phi) is 6.62. The van der Waals surface area contributed by atoms with E-state index in [9.17, 15) is 9.36 Å². The van der Waals surface area contributed by atoms with Crippen molar-refractivity contribution in [3.63, 3.8) is 0 Å². The van der Waals surface area contributed by atoms with Crippen LogP contribution in [-0.2, 0) is 23.1 Å². The standard InChI is InChI=1S/C13H22NO5P/c1-5-9-18-20(16)14(8-6-7-10-19-20)12(11(2)3)13(15)17-4/h5-7,11-12H,1,8-10H2,2-4H3. The van der Waals surface area contributed by atoms with Crippen LogP contribution in [0.25, 0.3) is 0 Å². The molecule has 1 heterocycles. The second kappa shape index (κ2) is 7.74. The molecule has 1 aliphatic rings. The Morgan fingerprint density at radius 2 is 2.25 bits per heavy atom. The van der Waals surface area contributed by atoms with E-state index in [1.165, 1.54) is 17.9 Å². The van der Waals surface area contributed by atoms with Crippen LogP contribution >= 0.6 is 7.75 Å². The molecule has 0 aromatic rings. The first-order valence-electron chi connectivity index (χ1n) is 6.46. The Hall–Kier alpha value is -0.940. The van der Waals surface area contributed by atoms with Gasteiger partial charge in [0, 0.05) is 6.54 Å². The first-order chi connectivity index (χ1) is 9.46. The van der Waals surface area contributed by atoms with Crippen molar-refractivity contribution < 1.29 is 23.1 Å². The molecule has 0 bridgehead atoms. The number of carbonyl (C=O) groups excluding carboxylic acids is 1. The molecule has 6 nitrogen and oxygen atoms in total. The topological polar surface area (TPSA) is 65.1 Å². The Morgan fingerprint density at radius 1 is 1.55 bits per heavy atom. The maximum absolute atomic E-state index is 12.9. The SMILES string of the molecule is C=CCOP1(=O)OCC=CCN1C(C(=O)OC)C(C)C. The van der Waals surface area contributed by atoms with Gasteiger partial charge >= 0.3 is 13.7 Å². The average molecular weight is 303 g/mol. The highest BCUT2D eigenvalue weighted by Crippen LogP contribution is 2.54. The molecule has 2 unspecified atom stereocenters. The van der Waals surface area contributed by atoms with E-state index in [0.29, 0.717) is 6.54 Å². The molecular weight excluding hydrogens is 281 g/mol. The molecular formula is C13H22NO5P. The lowest BCUT2D eigenvalue weighted by Gasteiger charge is -2.34. The van der Waals surface area contributed by atoms with Crippen molar-refractivity contribution >= 4 is 13.7 Å². The highest BCUT2D eigenvalue weighted by Gasteiger charge is 2.43. The molecule has 0 spiro atoms. The molecule has 7 heteroatoms. The molecule has 20 heavy (non-hydrogen) atoms. The van der Waals surface area contributed by atoms with Gasteiger partial charge in [0.2, 0.25) is 0 Å². The zero-order valence-corrected chi connectivity index (χ0v) is 13.0. The minimum atomic E-state index is -3.56. The summed E-state index contributed by atoms with van der Waals surface area (Å²) < 4.78 is 29.8. The Balaban J connectivity index is 3.09. The van der Waals surface area contributed by atoms with Gasteiger partial charge < -0.3 is 4.74 Å². The summed E-state index contributed by atoms with van der Waals surface area (Å²) in [6.45, 7) is 7.80. The lowest BCUT2D eigenvalue weighted by molar-refractivity contribution is -0.147. The van der Waals surface area contributed by atoms with E-state index < -0.39 is 19.8 Å². The van der Waals surface area contributed by atoms with Gasteiger partial charge in [-0.3, -0.25) is 13.8 Å². The molecule has 114 valence electrons. The molecule has 1 aliphatic heterocycles. The fourth-order valence-corrected chi connectivity index (χ4v) is 3.84. The lowest BCUT2D eigenvalue weighted by Crippen LogP contribution is -2.44. The summed E-state index contributed by atoms with van der Waals surface area (Å²) in [7, 11) is -2.25. The third-order valence-electron chi connectivity index (χ3n) is 2.86. The summed E-state index contributed by atoms with van der Waals surface area (Å²) in [5.74, 6) is -0.556. The van der Waals surface area contributed by atoms with Crippen LogP contribution in [0.3, 0.4) is 0 Å². The number of hydrogen-bond donors (Lipinski definition) is 0. The van der Waals surface area contributed by atoms with Crippen LogP contribution in [0.1, 0.15) is 13.8 Å². The summed E-state index contributed by atoms with van der Waals surface area (Å²) in [4.78, 5) is 12.0. The van der Waals surface area contributed by atoms with Gasteiger partial charge in [-0.05, 0) is 5.92 Å². The van der Waals surface area contributed by atoms with Crippen molar-refractivity contribution in [2.24, 2.45) is 5.92 Å². The number of ether oxygens (including phenoxy) is 1. The number of carbonyl (C=O) groups is 1. The predicted octanol–water partition coefficient (Wildman–Crippen LogP) is 2.38. The van der Waals surface area contributed by atoms with Crippen LogP contribution in [0, 0.1) is 5.92 Å².